The number of amides is 1. The molecular weight excluding hydrogens is 265 g/mol. The third-order valence-corrected chi connectivity index (χ3v) is 3.33. The third kappa shape index (κ3) is 2.87. The van der Waals surface area contributed by atoms with Crippen LogP contribution in [-0.4, -0.2) is 34.9 Å². The molecule has 20 heavy (non-hydrogen) atoms. The van der Waals surface area contributed by atoms with Crippen LogP contribution in [0.5, 0.6) is 0 Å². The minimum absolute atomic E-state index is 0.0232. The van der Waals surface area contributed by atoms with Gasteiger partial charge in [0.25, 0.3) is 0 Å². The number of nitro benzene ring substituents is 1. The topological polar surface area (TPSA) is 75.5 Å². The maximum absolute atomic E-state index is 13.5. The Kier molecular flexibility index (Phi) is 4.16. The number of rotatable bonds is 4. The monoisotopic (exact) mass is 281 g/mol. The molecule has 1 heterocycles. The molecule has 6 nitrogen and oxygen atoms in total. The molecule has 1 atom stereocenters. The molecule has 2 rings (SSSR count). The van der Waals surface area contributed by atoms with Crippen LogP contribution < -0.4 is 5.32 Å². The Labute approximate surface area is 115 Å². The molecule has 1 saturated heterocycles. The normalized spacial score (nSPS) is 16.0. The van der Waals surface area contributed by atoms with Gasteiger partial charge in [-0.25, -0.2) is 0 Å². The van der Waals surface area contributed by atoms with Crippen LogP contribution in [0.4, 0.5) is 15.8 Å². The smallest absolute Gasteiger partial charge is 0.327 e. The van der Waals surface area contributed by atoms with Gasteiger partial charge < -0.3 is 10.2 Å². The molecule has 1 aromatic rings. The lowest BCUT2D eigenvalue weighted by molar-refractivity contribution is -0.386. The second kappa shape index (κ2) is 5.85. The quantitative estimate of drug-likeness (QED) is 0.677. The lowest BCUT2D eigenvalue weighted by Crippen LogP contribution is -2.39. The number of likely N-dealkylation sites (tertiary alicyclic amines) is 1. The van der Waals surface area contributed by atoms with Crippen molar-refractivity contribution in [1.82, 2.24) is 4.90 Å². The summed E-state index contributed by atoms with van der Waals surface area (Å²) in [6.07, 6.45) is 1.94. The summed E-state index contributed by atoms with van der Waals surface area (Å²) in [6, 6.07) is 3.16. The molecule has 1 aliphatic heterocycles. The number of carbonyl (C=O) groups excluding carboxylic acids is 1. The van der Waals surface area contributed by atoms with Gasteiger partial charge in [-0.1, -0.05) is 6.07 Å². The van der Waals surface area contributed by atoms with Crippen LogP contribution >= 0.6 is 0 Å². The molecule has 0 radical (unpaired) electrons. The van der Waals surface area contributed by atoms with Gasteiger partial charge >= 0.3 is 5.69 Å². The molecule has 0 bridgehead atoms. The number of anilines is 1. The zero-order valence-corrected chi connectivity index (χ0v) is 11.1. The molecular formula is C13H16FN3O3. The summed E-state index contributed by atoms with van der Waals surface area (Å²) in [5, 5.41) is 13.6. The molecule has 1 fully saturated rings. The van der Waals surface area contributed by atoms with E-state index in [4.69, 9.17) is 0 Å². The van der Waals surface area contributed by atoms with Crippen molar-refractivity contribution in [3.8, 4) is 0 Å². The Hall–Kier alpha value is -2.18. The number of hydrogen-bond donors (Lipinski definition) is 1. The van der Waals surface area contributed by atoms with Gasteiger partial charge in [0, 0.05) is 13.1 Å². The maximum Gasteiger partial charge on any atom is 0.327 e. The molecule has 0 aliphatic carbocycles. The first-order chi connectivity index (χ1) is 9.50. The van der Waals surface area contributed by atoms with E-state index in [1.807, 2.05) is 0 Å². The molecule has 0 saturated carbocycles. The molecule has 0 spiro atoms. The van der Waals surface area contributed by atoms with Crippen molar-refractivity contribution >= 4 is 17.3 Å². The van der Waals surface area contributed by atoms with Gasteiger partial charge in [0.1, 0.15) is 11.7 Å². The number of para-hydroxylation sites is 1. The lowest BCUT2D eigenvalue weighted by atomic mass is 10.2. The highest BCUT2D eigenvalue weighted by Crippen LogP contribution is 2.28. The van der Waals surface area contributed by atoms with E-state index in [0.29, 0.717) is 13.1 Å². The van der Waals surface area contributed by atoms with Crippen molar-refractivity contribution in [2.24, 2.45) is 0 Å². The average molecular weight is 281 g/mol. The van der Waals surface area contributed by atoms with E-state index < -0.39 is 22.5 Å². The summed E-state index contributed by atoms with van der Waals surface area (Å²) < 4.78 is 13.5. The summed E-state index contributed by atoms with van der Waals surface area (Å²) in [6.45, 7) is 3.03. The third-order valence-electron chi connectivity index (χ3n) is 3.33. The summed E-state index contributed by atoms with van der Waals surface area (Å²) >= 11 is 0. The van der Waals surface area contributed by atoms with Gasteiger partial charge in [-0.2, -0.15) is 4.39 Å². The number of hydrogen-bond acceptors (Lipinski definition) is 4. The number of carbonyl (C=O) groups is 1. The predicted octanol–water partition coefficient (Wildman–Crippen LogP) is 2.16. The first-order valence-electron chi connectivity index (χ1n) is 6.49. The van der Waals surface area contributed by atoms with Crippen molar-refractivity contribution in [2.45, 2.75) is 25.8 Å². The molecule has 0 aromatic heterocycles. The van der Waals surface area contributed by atoms with Crippen LogP contribution in [-0.2, 0) is 4.79 Å². The molecule has 1 aliphatic rings. The number of nitrogens with zero attached hydrogens (tertiary/aromatic N) is 2. The van der Waals surface area contributed by atoms with Crippen molar-refractivity contribution in [2.75, 3.05) is 18.4 Å². The average Bonchev–Trinajstić information content (AvgIpc) is 2.91. The van der Waals surface area contributed by atoms with Crippen LogP contribution in [0.1, 0.15) is 19.8 Å². The van der Waals surface area contributed by atoms with E-state index in [1.54, 1.807) is 11.8 Å². The number of nitro groups is 1. The summed E-state index contributed by atoms with van der Waals surface area (Å²) in [5.41, 5.74) is -0.608. The van der Waals surface area contributed by atoms with Crippen LogP contribution in [0.2, 0.25) is 0 Å². The van der Waals surface area contributed by atoms with Crippen molar-refractivity contribution in [1.29, 1.82) is 0 Å². The second-order valence-electron chi connectivity index (χ2n) is 4.79. The van der Waals surface area contributed by atoms with Gasteiger partial charge in [-0.3, -0.25) is 14.9 Å². The van der Waals surface area contributed by atoms with Crippen LogP contribution in [0.25, 0.3) is 0 Å². The minimum Gasteiger partial charge on any atom is -0.368 e. The van der Waals surface area contributed by atoms with Gasteiger partial charge in [-0.15, -0.1) is 0 Å². The highest BCUT2D eigenvalue weighted by Gasteiger charge is 2.26. The number of halogens is 1. The van der Waals surface area contributed by atoms with E-state index in [0.717, 1.165) is 18.9 Å². The van der Waals surface area contributed by atoms with Gasteiger partial charge in [0.15, 0.2) is 0 Å². The van der Waals surface area contributed by atoms with E-state index in [1.165, 1.54) is 12.1 Å². The van der Waals surface area contributed by atoms with E-state index in [-0.39, 0.29) is 11.6 Å². The first kappa shape index (κ1) is 14.2. The molecule has 7 heteroatoms. The first-order valence-corrected chi connectivity index (χ1v) is 6.49. The SMILES string of the molecule is CC(Nc1cccc(F)c1[N+](=O)[O-])C(=O)N1CCCC1. The number of benzene rings is 1. The van der Waals surface area contributed by atoms with E-state index >= 15 is 0 Å². The molecule has 1 N–H and O–H groups in total. The zero-order chi connectivity index (χ0) is 14.7. The highest BCUT2D eigenvalue weighted by molar-refractivity contribution is 5.85. The molecule has 1 aromatic carbocycles. The molecule has 1 unspecified atom stereocenters. The fourth-order valence-corrected chi connectivity index (χ4v) is 2.32. The Morgan fingerprint density at radius 1 is 1.45 bits per heavy atom. The largest absolute Gasteiger partial charge is 0.368 e. The van der Waals surface area contributed by atoms with Gasteiger partial charge in [0.05, 0.1) is 4.92 Å². The van der Waals surface area contributed by atoms with Gasteiger partial charge in [0.2, 0.25) is 11.7 Å². The fraction of sp³-hybridized carbons (Fsp3) is 0.462. The standard InChI is InChI=1S/C13H16FN3O3/c1-9(13(18)16-7-2-3-8-16)15-11-6-4-5-10(14)12(11)17(19)20/h4-6,9,15H,2-3,7-8H2,1H3. The number of nitrogens with one attached hydrogen (secondary N) is 1. The lowest BCUT2D eigenvalue weighted by Gasteiger charge is -2.21. The van der Waals surface area contributed by atoms with Crippen LogP contribution in [0.3, 0.4) is 0 Å². The summed E-state index contributed by atoms with van der Waals surface area (Å²) in [4.78, 5) is 23.9. The zero-order valence-electron chi connectivity index (χ0n) is 11.1. The maximum atomic E-state index is 13.5. The Morgan fingerprint density at radius 2 is 2.10 bits per heavy atom. The van der Waals surface area contributed by atoms with E-state index in [9.17, 15) is 19.3 Å². The highest BCUT2D eigenvalue weighted by atomic mass is 19.1. The summed E-state index contributed by atoms with van der Waals surface area (Å²) in [7, 11) is 0. The van der Waals surface area contributed by atoms with Crippen LogP contribution in [0, 0.1) is 15.9 Å². The van der Waals surface area contributed by atoms with Crippen molar-refractivity contribution in [3.63, 3.8) is 0 Å². The molecule has 1 amide bonds. The summed E-state index contributed by atoms with van der Waals surface area (Å²) in [5.74, 6) is -1.04. The minimum atomic E-state index is -0.916. The second-order valence-corrected chi connectivity index (χ2v) is 4.79. The van der Waals surface area contributed by atoms with Crippen LogP contribution in [0.15, 0.2) is 18.2 Å². The Morgan fingerprint density at radius 3 is 2.70 bits per heavy atom. The van der Waals surface area contributed by atoms with Crippen molar-refractivity contribution < 1.29 is 14.1 Å². The Bertz CT molecular complexity index is 530. The van der Waals surface area contributed by atoms with Gasteiger partial charge in [-0.05, 0) is 31.9 Å². The predicted molar refractivity (Wildman–Crippen MR) is 72.0 cm³/mol. The fourth-order valence-electron chi connectivity index (χ4n) is 2.32. The van der Waals surface area contributed by atoms with E-state index in [2.05, 4.69) is 5.32 Å². The molecule has 108 valence electrons. The Balaban J connectivity index is 2.15. The van der Waals surface area contributed by atoms with Crippen molar-refractivity contribution in [3.05, 3.63) is 34.1 Å².